The second-order valence-electron chi connectivity index (χ2n) is 7.79. The molecule has 1 aliphatic rings. The lowest BCUT2D eigenvalue weighted by atomic mass is 10.2. The second-order valence-corrected chi connectivity index (χ2v) is 9.47. The number of sulfonamides is 1. The van der Waals surface area contributed by atoms with Crippen LogP contribution in [0.15, 0.2) is 63.0 Å². The molecule has 10 heteroatoms. The molecule has 1 saturated heterocycles. The highest BCUT2D eigenvalue weighted by Crippen LogP contribution is 2.19. The Bertz CT molecular complexity index is 1390. The molecule has 0 aliphatic carbocycles. The van der Waals surface area contributed by atoms with Crippen LogP contribution in [0, 0.1) is 0 Å². The number of benzene rings is 2. The Labute approximate surface area is 184 Å². The lowest BCUT2D eigenvalue weighted by Crippen LogP contribution is -2.40. The Kier molecular flexibility index (Phi) is 5.88. The number of likely N-dealkylation sites (tertiary alicyclic amines) is 1. The van der Waals surface area contributed by atoms with E-state index in [9.17, 15) is 22.8 Å². The molecular formula is C22H24N4O5S. The summed E-state index contributed by atoms with van der Waals surface area (Å²) in [5, 5.41) is 0.0941. The summed E-state index contributed by atoms with van der Waals surface area (Å²) >= 11 is 0. The van der Waals surface area contributed by atoms with Gasteiger partial charge in [-0.25, -0.2) is 13.2 Å². The summed E-state index contributed by atoms with van der Waals surface area (Å²) in [5.74, 6) is -0.0973. The summed E-state index contributed by atoms with van der Waals surface area (Å²) in [6.45, 7) is 1.33. The zero-order valence-corrected chi connectivity index (χ0v) is 18.5. The van der Waals surface area contributed by atoms with E-state index in [-0.39, 0.29) is 29.2 Å². The van der Waals surface area contributed by atoms with Crippen LogP contribution < -0.4 is 16.0 Å². The van der Waals surface area contributed by atoms with Crippen LogP contribution >= 0.6 is 0 Å². The molecule has 0 saturated carbocycles. The molecule has 0 radical (unpaired) electrons. The van der Waals surface area contributed by atoms with Crippen molar-refractivity contribution >= 4 is 32.5 Å². The number of carbonyl (C=O) groups excluding carboxylic acids is 1. The van der Waals surface area contributed by atoms with Crippen molar-refractivity contribution in [1.29, 1.82) is 0 Å². The summed E-state index contributed by atoms with van der Waals surface area (Å²) < 4.78 is 30.4. The maximum absolute atomic E-state index is 13.1. The number of para-hydroxylation sites is 1. The van der Waals surface area contributed by atoms with Crippen LogP contribution in [0.4, 0.5) is 5.69 Å². The van der Waals surface area contributed by atoms with Gasteiger partial charge in [-0.15, -0.1) is 0 Å². The predicted octanol–water partition coefficient (Wildman–Crippen LogP) is 1.51. The average molecular weight is 457 g/mol. The normalized spacial score (nSPS) is 14.1. The Balaban J connectivity index is 1.70. The molecule has 0 unspecified atom stereocenters. The average Bonchev–Trinajstić information content (AvgIpc) is 3.32. The van der Waals surface area contributed by atoms with Gasteiger partial charge in [-0.2, -0.15) is 0 Å². The topological polar surface area (TPSA) is 110 Å². The van der Waals surface area contributed by atoms with Gasteiger partial charge < -0.3 is 4.90 Å². The molecule has 9 nitrogen and oxygen atoms in total. The van der Waals surface area contributed by atoms with Gasteiger partial charge in [-0.3, -0.25) is 23.4 Å². The van der Waals surface area contributed by atoms with Gasteiger partial charge in [0.1, 0.15) is 0 Å². The van der Waals surface area contributed by atoms with Crippen molar-refractivity contribution in [2.75, 3.05) is 17.8 Å². The van der Waals surface area contributed by atoms with Gasteiger partial charge >= 0.3 is 5.69 Å². The van der Waals surface area contributed by atoms with Crippen LogP contribution in [-0.4, -0.2) is 41.4 Å². The highest BCUT2D eigenvalue weighted by molar-refractivity contribution is 7.92. The fourth-order valence-corrected chi connectivity index (χ4v) is 5.00. The molecule has 0 bridgehead atoms. The van der Waals surface area contributed by atoms with E-state index >= 15 is 0 Å². The molecule has 1 aromatic heterocycles. The van der Waals surface area contributed by atoms with E-state index in [4.69, 9.17) is 0 Å². The number of aromatic nitrogens is 2. The number of hydrogen-bond donors (Lipinski definition) is 1. The van der Waals surface area contributed by atoms with Crippen molar-refractivity contribution in [3.63, 3.8) is 0 Å². The van der Waals surface area contributed by atoms with Crippen LogP contribution in [0.5, 0.6) is 0 Å². The molecule has 1 aliphatic heterocycles. The maximum Gasteiger partial charge on any atom is 0.331 e. The Hall–Kier alpha value is -3.40. The van der Waals surface area contributed by atoms with E-state index in [0.717, 1.165) is 17.4 Å². The van der Waals surface area contributed by atoms with E-state index in [1.165, 1.54) is 29.8 Å². The van der Waals surface area contributed by atoms with E-state index in [0.29, 0.717) is 24.3 Å². The first-order chi connectivity index (χ1) is 15.3. The van der Waals surface area contributed by atoms with Gasteiger partial charge in [0, 0.05) is 38.8 Å². The highest BCUT2D eigenvalue weighted by atomic mass is 32.2. The van der Waals surface area contributed by atoms with Crippen molar-refractivity contribution < 1.29 is 13.2 Å². The number of aryl methyl sites for hydroxylation is 1. The first kappa shape index (κ1) is 21.8. The molecule has 2 heterocycles. The number of hydrogen-bond acceptors (Lipinski definition) is 5. The second kappa shape index (κ2) is 8.62. The molecule has 32 heavy (non-hydrogen) atoms. The number of fused-ring (bicyclic) bond motifs is 1. The van der Waals surface area contributed by atoms with E-state index in [2.05, 4.69) is 4.72 Å². The zero-order chi connectivity index (χ0) is 22.9. The Morgan fingerprint density at radius 1 is 1.03 bits per heavy atom. The highest BCUT2D eigenvalue weighted by Gasteiger charge is 2.21. The molecule has 1 fully saturated rings. The fourth-order valence-electron chi connectivity index (χ4n) is 3.91. The minimum Gasteiger partial charge on any atom is -0.343 e. The number of nitrogens with zero attached hydrogens (tertiary/aromatic N) is 3. The first-order valence-electron chi connectivity index (χ1n) is 10.4. The van der Waals surface area contributed by atoms with Crippen LogP contribution in [0.2, 0.25) is 0 Å². The number of nitrogens with one attached hydrogen (secondary N) is 1. The number of amides is 1. The summed E-state index contributed by atoms with van der Waals surface area (Å²) in [6, 6.07) is 12.5. The lowest BCUT2D eigenvalue weighted by molar-refractivity contribution is -0.130. The molecule has 3 aromatic rings. The molecule has 2 aromatic carbocycles. The molecule has 1 amide bonds. The van der Waals surface area contributed by atoms with Gasteiger partial charge in [0.2, 0.25) is 5.91 Å². The maximum atomic E-state index is 13.1. The van der Waals surface area contributed by atoms with Crippen LogP contribution in [0.25, 0.3) is 10.9 Å². The summed E-state index contributed by atoms with van der Waals surface area (Å²) in [4.78, 5) is 39.8. The van der Waals surface area contributed by atoms with Gasteiger partial charge in [0.05, 0.1) is 15.8 Å². The van der Waals surface area contributed by atoms with Crippen molar-refractivity contribution in [1.82, 2.24) is 14.0 Å². The Morgan fingerprint density at radius 3 is 2.41 bits per heavy atom. The van der Waals surface area contributed by atoms with Crippen molar-refractivity contribution in [2.24, 2.45) is 7.05 Å². The number of carbonyl (C=O) groups is 1. The first-order valence-corrected chi connectivity index (χ1v) is 11.9. The molecule has 1 N–H and O–H groups in total. The minimum atomic E-state index is -3.94. The zero-order valence-electron chi connectivity index (χ0n) is 17.7. The van der Waals surface area contributed by atoms with Gasteiger partial charge in [-0.1, -0.05) is 18.2 Å². The SMILES string of the molecule is Cn1c(=O)n(CCC(=O)N2CCCC2)c(=O)c2cc(S(=O)(=O)Nc3ccccc3)ccc21. The van der Waals surface area contributed by atoms with Crippen LogP contribution in [0.3, 0.4) is 0 Å². The lowest BCUT2D eigenvalue weighted by Gasteiger charge is -2.16. The fraction of sp³-hybridized carbons (Fsp3) is 0.318. The monoisotopic (exact) mass is 456 g/mol. The van der Waals surface area contributed by atoms with Crippen LogP contribution in [0.1, 0.15) is 19.3 Å². The van der Waals surface area contributed by atoms with E-state index in [1.54, 1.807) is 35.2 Å². The molecule has 0 atom stereocenters. The van der Waals surface area contributed by atoms with Crippen LogP contribution in [-0.2, 0) is 28.4 Å². The largest absolute Gasteiger partial charge is 0.343 e. The minimum absolute atomic E-state index is 0.0359. The van der Waals surface area contributed by atoms with Crippen molar-refractivity contribution in [3.8, 4) is 0 Å². The van der Waals surface area contributed by atoms with Crippen molar-refractivity contribution in [3.05, 3.63) is 69.4 Å². The van der Waals surface area contributed by atoms with E-state index < -0.39 is 21.3 Å². The standard InChI is InChI=1S/C22H24N4O5S/c1-24-19-10-9-17(32(30,31)23-16-7-3-2-4-8-16)15-18(19)21(28)26(22(24)29)14-11-20(27)25-12-5-6-13-25/h2-4,7-10,15,23H,5-6,11-14H2,1H3. The quantitative estimate of drug-likeness (QED) is 0.605. The summed E-state index contributed by atoms with van der Waals surface area (Å²) in [5.41, 5.74) is -0.449. The third-order valence-electron chi connectivity index (χ3n) is 5.67. The third kappa shape index (κ3) is 4.18. The third-order valence-corrected chi connectivity index (χ3v) is 7.05. The van der Waals surface area contributed by atoms with E-state index in [1.807, 2.05) is 0 Å². The van der Waals surface area contributed by atoms with Crippen molar-refractivity contribution in [2.45, 2.75) is 30.7 Å². The number of anilines is 1. The van der Waals surface area contributed by atoms with Gasteiger partial charge in [-0.05, 0) is 43.2 Å². The molecule has 168 valence electrons. The Morgan fingerprint density at radius 2 is 1.72 bits per heavy atom. The smallest absolute Gasteiger partial charge is 0.331 e. The van der Waals surface area contributed by atoms with Gasteiger partial charge in [0.25, 0.3) is 15.6 Å². The summed E-state index contributed by atoms with van der Waals surface area (Å²) in [6.07, 6.45) is 1.95. The number of rotatable bonds is 6. The molecule has 0 spiro atoms. The predicted molar refractivity (Wildman–Crippen MR) is 121 cm³/mol. The molecular weight excluding hydrogens is 432 g/mol. The summed E-state index contributed by atoms with van der Waals surface area (Å²) in [7, 11) is -2.43. The van der Waals surface area contributed by atoms with Gasteiger partial charge in [0.15, 0.2) is 0 Å². The molecule has 4 rings (SSSR count).